The van der Waals surface area contributed by atoms with E-state index in [9.17, 15) is 18.4 Å². The molecule has 0 radical (unpaired) electrons. The Morgan fingerprint density at radius 3 is 2.14 bits per heavy atom. The molecule has 2 amide bonds. The van der Waals surface area contributed by atoms with E-state index in [2.05, 4.69) is 43.2 Å². The quantitative estimate of drug-likeness (QED) is 0.242. The molecule has 6 nitrogen and oxygen atoms in total. The van der Waals surface area contributed by atoms with Crippen molar-refractivity contribution in [2.75, 3.05) is 35.2 Å². The molecule has 0 fully saturated rings. The fourth-order valence-electron chi connectivity index (χ4n) is 3.62. The predicted octanol–water partition coefficient (Wildman–Crippen LogP) is 7.16. The standard InChI is InChI=1S/C27H37F2N3O3S/c1-8-35-25(33)27(6,7)36-20-10-12-24(32(15-17(2)3)16-18(4)5)23(14-20)31-26(34)30-22-11-9-19(28)13-21(22)29/h9-14,17-18H,8,15-16H2,1-7H3,(H2,30,31,34). The number of carbonyl (C=O) groups is 2. The third-order valence-corrected chi connectivity index (χ3v) is 6.21. The number of esters is 1. The van der Waals surface area contributed by atoms with E-state index in [4.69, 9.17) is 4.74 Å². The first-order chi connectivity index (χ1) is 16.8. The van der Waals surface area contributed by atoms with E-state index in [1.54, 1.807) is 26.8 Å². The highest BCUT2D eigenvalue weighted by Gasteiger charge is 2.31. The second-order valence-corrected chi connectivity index (χ2v) is 11.6. The van der Waals surface area contributed by atoms with Gasteiger partial charge in [-0.3, -0.25) is 4.79 Å². The molecule has 198 valence electrons. The van der Waals surface area contributed by atoms with Gasteiger partial charge in [-0.1, -0.05) is 27.7 Å². The Hall–Kier alpha value is -2.81. The third-order valence-electron chi connectivity index (χ3n) is 5.05. The normalized spacial score (nSPS) is 11.5. The zero-order valence-electron chi connectivity index (χ0n) is 22.1. The molecule has 0 aliphatic carbocycles. The third kappa shape index (κ3) is 8.69. The summed E-state index contributed by atoms with van der Waals surface area (Å²) < 4.78 is 31.7. The van der Waals surface area contributed by atoms with Gasteiger partial charge in [0.05, 0.1) is 23.7 Å². The van der Waals surface area contributed by atoms with Crippen LogP contribution in [0.2, 0.25) is 0 Å². The summed E-state index contributed by atoms with van der Waals surface area (Å²) in [5, 5.41) is 5.27. The second kappa shape index (κ2) is 12.9. The molecule has 2 aromatic rings. The largest absolute Gasteiger partial charge is 0.465 e. The van der Waals surface area contributed by atoms with Gasteiger partial charge in [-0.15, -0.1) is 11.8 Å². The molecule has 36 heavy (non-hydrogen) atoms. The molecular formula is C27H37F2N3O3S. The van der Waals surface area contributed by atoms with Gasteiger partial charge in [0.2, 0.25) is 0 Å². The first kappa shape index (κ1) is 29.4. The summed E-state index contributed by atoms with van der Waals surface area (Å²) in [6.07, 6.45) is 0. The monoisotopic (exact) mass is 521 g/mol. The van der Waals surface area contributed by atoms with E-state index < -0.39 is 22.4 Å². The summed E-state index contributed by atoms with van der Waals surface area (Å²) >= 11 is 1.33. The van der Waals surface area contributed by atoms with Crippen molar-refractivity contribution in [1.29, 1.82) is 0 Å². The van der Waals surface area contributed by atoms with Crippen LogP contribution < -0.4 is 15.5 Å². The van der Waals surface area contributed by atoms with Crippen LogP contribution in [0.4, 0.5) is 30.6 Å². The van der Waals surface area contributed by atoms with Crippen molar-refractivity contribution in [2.45, 2.75) is 58.1 Å². The van der Waals surface area contributed by atoms with E-state index in [1.165, 1.54) is 17.8 Å². The van der Waals surface area contributed by atoms with Crippen molar-refractivity contribution in [3.05, 3.63) is 48.0 Å². The number of carbonyl (C=O) groups excluding carboxylic acids is 2. The van der Waals surface area contributed by atoms with Crippen molar-refractivity contribution in [3.8, 4) is 0 Å². The summed E-state index contributed by atoms with van der Waals surface area (Å²) in [6, 6.07) is 7.93. The Kier molecular flexibility index (Phi) is 10.6. The van der Waals surface area contributed by atoms with Gasteiger partial charge in [0.1, 0.15) is 16.4 Å². The molecule has 0 aliphatic heterocycles. The molecular weight excluding hydrogens is 484 g/mol. The highest BCUT2D eigenvalue weighted by molar-refractivity contribution is 8.01. The second-order valence-electron chi connectivity index (χ2n) is 9.91. The van der Waals surface area contributed by atoms with E-state index in [1.807, 2.05) is 12.1 Å². The van der Waals surface area contributed by atoms with Crippen LogP contribution in [-0.4, -0.2) is 36.4 Å². The molecule has 0 bridgehead atoms. The zero-order chi connectivity index (χ0) is 27.0. The molecule has 2 aromatic carbocycles. The van der Waals surface area contributed by atoms with E-state index in [0.717, 1.165) is 29.7 Å². The number of ether oxygens (including phenoxy) is 1. The topological polar surface area (TPSA) is 70.7 Å². The average Bonchev–Trinajstić information content (AvgIpc) is 2.74. The van der Waals surface area contributed by atoms with Crippen molar-refractivity contribution >= 4 is 40.8 Å². The maximum atomic E-state index is 14.1. The number of rotatable bonds is 11. The van der Waals surface area contributed by atoms with Crippen LogP contribution in [0.5, 0.6) is 0 Å². The molecule has 0 aliphatic rings. The van der Waals surface area contributed by atoms with Crippen LogP contribution in [0.15, 0.2) is 41.3 Å². The zero-order valence-corrected chi connectivity index (χ0v) is 22.9. The fourth-order valence-corrected chi connectivity index (χ4v) is 4.66. The number of thioether (sulfide) groups is 1. The maximum absolute atomic E-state index is 14.1. The minimum Gasteiger partial charge on any atom is -0.465 e. The number of halogens is 2. The number of hydrogen-bond donors (Lipinski definition) is 2. The van der Waals surface area contributed by atoms with Gasteiger partial charge in [0.15, 0.2) is 0 Å². The lowest BCUT2D eigenvalue weighted by atomic mass is 10.1. The summed E-state index contributed by atoms with van der Waals surface area (Å²) in [5.41, 5.74) is 1.19. The van der Waals surface area contributed by atoms with Crippen LogP contribution in [0.3, 0.4) is 0 Å². The molecule has 0 unspecified atom stereocenters. The highest BCUT2D eigenvalue weighted by atomic mass is 32.2. The number of benzene rings is 2. The lowest BCUT2D eigenvalue weighted by molar-refractivity contribution is -0.145. The summed E-state index contributed by atoms with van der Waals surface area (Å²) in [5.74, 6) is -1.19. The van der Waals surface area contributed by atoms with E-state index in [-0.39, 0.29) is 18.3 Å². The van der Waals surface area contributed by atoms with Crippen LogP contribution in [0.25, 0.3) is 0 Å². The Morgan fingerprint density at radius 1 is 0.972 bits per heavy atom. The summed E-state index contributed by atoms with van der Waals surface area (Å²) in [4.78, 5) is 28.2. The smallest absolute Gasteiger partial charge is 0.323 e. The lowest BCUT2D eigenvalue weighted by Gasteiger charge is -2.31. The van der Waals surface area contributed by atoms with E-state index >= 15 is 0 Å². The van der Waals surface area contributed by atoms with Crippen LogP contribution in [-0.2, 0) is 9.53 Å². The van der Waals surface area contributed by atoms with Gasteiger partial charge >= 0.3 is 12.0 Å². The lowest BCUT2D eigenvalue weighted by Crippen LogP contribution is -2.33. The van der Waals surface area contributed by atoms with Gasteiger partial charge in [0.25, 0.3) is 0 Å². The SMILES string of the molecule is CCOC(=O)C(C)(C)Sc1ccc(N(CC(C)C)CC(C)C)c(NC(=O)Nc2ccc(F)cc2F)c1. The number of urea groups is 1. The van der Waals surface area contributed by atoms with Gasteiger partial charge in [-0.05, 0) is 62.9 Å². The Morgan fingerprint density at radius 2 is 1.58 bits per heavy atom. The summed E-state index contributed by atoms with van der Waals surface area (Å²) in [7, 11) is 0. The van der Waals surface area contributed by atoms with E-state index in [0.29, 0.717) is 23.6 Å². The Bertz CT molecular complexity index is 1050. The highest BCUT2D eigenvalue weighted by Crippen LogP contribution is 2.38. The van der Waals surface area contributed by atoms with Crippen molar-refractivity contribution in [1.82, 2.24) is 0 Å². The van der Waals surface area contributed by atoms with Crippen molar-refractivity contribution in [3.63, 3.8) is 0 Å². The number of hydrogen-bond acceptors (Lipinski definition) is 5. The maximum Gasteiger partial charge on any atom is 0.323 e. The van der Waals surface area contributed by atoms with Gasteiger partial charge in [-0.2, -0.15) is 0 Å². The summed E-state index contributed by atoms with van der Waals surface area (Å²) in [6.45, 7) is 15.6. The van der Waals surface area contributed by atoms with Crippen molar-refractivity contribution in [2.24, 2.45) is 11.8 Å². The number of nitrogens with one attached hydrogen (secondary N) is 2. The molecule has 0 spiro atoms. The first-order valence-corrected chi connectivity index (χ1v) is 12.9. The molecule has 9 heteroatoms. The first-order valence-electron chi connectivity index (χ1n) is 12.1. The number of amides is 2. The van der Waals surface area contributed by atoms with Gasteiger partial charge in [-0.25, -0.2) is 13.6 Å². The average molecular weight is 522 g/mol. The molecule has 0 saturated carbocycles. The predicted molar refractivity (Wildman–Crippen MR) is 144 cm³/mol. The van der Waals surface area contributed by atoms with Gasteiger partial charge < -0.3 is 20.3 Å². The fraction of sp³-hybridized carbons (Fsp3) is 0.481. The van der Waals surface area contributed by atoms with Crippen LogP contribution in [0, 0.1) is 23.5 Å². The van der Waals surface area contributed by atoms with Gasteiger partial charge in [0, 0.05) is 24.1 Å². The Balaban J connectivity index is 2.42. The molecule has 0 saturated heterocycles. The molecule has 0 atom stereocenters. The van der Waals surface area contributed by atoms with Crippen molar-refractivity contribution < 1.29 is 23.1 Å². The van der Waals surface area contributed by atoms with Crippen LogP contribution in [0.1, 0.15) is 48.5 Å². The molecule has 2 N–H and O–H groups in total. The molecule has 0 aromatic heterocycles. The number of anilines is 3. The minimum atomic E-state index is -0.868. The minimum absolute atomic E-state index is 0.134. The number of nitrogens with zero attached hydrogens (tertiary/aromatic N) is 1. The Labute approximate surface area is 217 Å². The molecule has 0 heterocycles. The molecule has 2 rings (SSSR count). The van der Waals surface area contributed by atoms with Crippen LogP contribution >= 0.6 is 11.8 Å².